The van der Waals surface area contributed by atoms with Crippen LogP contribution in [0.15, 0.2) is 21.5 Å². The minimum absolute atomic E-state index is 0.0417. The quantitative estimate of drug-likeness (QED) is 0.767. The Balaban J connectivity index is 2.27. The second-order valence-electron chi connectivity index (χ2n) is 5.93. The van der Waals surface area contributed by atoms with Crippen LogP contribution in [0, 0.1) is 11.8 Å². The third kappa shape index (κ3) is 4.35. The largest absolute Gasteiger partial charge is 0.243 e. The summed E-state index contributed by atoms with van der Waals surface area (Å²) in [5.74, 6) is 1.02. The molecule has 118 valence electrons. The van der Waals surface area contributed by atoms with Crippen molar-refractivity contribution in [3.63, 3.8) is 0 Å². The minimum Gasteiger partial charge on any atom is -0.208 e. The number of sulfonamides is 1. The summed E-state index contributed by atoms with van der Waals surface area (Å²) in [5.41, 5.74) is 0. The zero-order valence-corrected chi connectivity index (χ0v) is 15.8. The van der Waals surface area contributed by atoms with Gasteiger partial charge in [-0.25, -0.2) is 13.1 Å². The van der Waals surface area contributed by atoms with Crippen LogP contribution in [-0.4, -0.2) is 14.5 Å². The molecular weight excluding hydrogens is 397 g/mol. The molecule has 1 aromatic rings. The van der Waals surface area contributed by atoms with Crippen molar-refractivity contribution in [2.24, 2.45) is 11.8 Å². The summed E-state index contributed by atoms with van der Waals surface area (Å²) < 4.78 is 28.6. The summed E-state index contributed by atoms with van der Waals surface area (Å²) in [6.45, 7) is 4.30. The molecule has 0 bridgehead atoms. The molecule has 0 amide bonds. The normalized spacial score (nSPS) is 26.8. The first-order valence-electron chi connectivity index (χ1n) is 6.86. The van der Waals surface area contributed by atoms with Crippen LogP contribution in [0.3, 0.4) is 0 Å². The Morgan fingerprint density at radius 2 is 1.57 bits per heavy atom. The van der Waals surface area contributed by atoms with E-state index in [-0.39, 0.29) is 21.0 Å². The Morgan fingerprint density at radius 1 is 1.10 bits per heavy atom. The van der Waals surface area contributed by atoms with E-state index in [1.807, 2.05) is 0 Å². The molecule has 2 rings (SSSR count). The van der Waals surface area contributed by atoms with Gasteiger partial charge in [-0.05, 0) is 43.2 Å². The molecule has 0 spiro atoms. The van der Waals surface area contributed by atoms with Crippen molar-refractivity contribution in [1.82, 2.24) is 4.72 Å². The van der Waals surface area contributed by atoms with E-state index >= 15 is 0 Å². The van der Waals surface area contributed by atoms with Gasteiger partial charge in [-0.15, -0.1) is 0 Å². The molecule has 0 aliphatic heterocycles. The van der Waals surface area contributed by atoms with Crippen molar-refractivity contribution >= 4 is 49.2 Å². The molecule has 21 heavy (non-hydrogen) atoms. The molecular formula is C14H18BrCl2NO2S. The van der Waals surface area contributed by atoms with Gasteiger partial charge < -0.3 is 0 Å². The van der Waals surface area contributed by atoms with E-state index < -0.39 is 10.0 Å². The van der Waals surface area contributed by atoms with Gasteiger partial charge in [0, 0.05) is 10.5 Å². The Morgan fingerprint density at radius 3 is 2.05 bits per heavy atom. The lowest BCUT2D eigenvalue weighted by Gasteiger charge is -2.31. The van der Waals surface area contributed by atoms with E-state index in [1.54, 1.807) is 0 Å². The van der Waals surface area contributed by atoms with Gasteiger partial charge in [0.05, 0.1) is 10.0 Å². The van der Waals surface area contributed by atoms with Gasteiger partial charge in [0.15, 0.2) is 0 Å². The van der Waals surface area contributed by atoms with Gasteiger partial charge in [0.25, 0.3) is 0 Å². The minimum atomic E-state index is -3.72. The van der Waals surface area contributed by atoms with Gasteiger partial charge in [-0.2, -0.15) is 0 Å². The standard InChI is InChI=1S/C14H18BrCl2NO2S/c1-8-3-9(2)5-11(4-8)18-21(19,20)14-12(16)6-10(15)7-13(14)17/h6-9,11,18H,3-5H2,1-2H3. The highest BCUT2D eigenvalue weighted by molar-refractivity contribution is 9.10. The lowest BCUT2D eigenvalue weighted by molar-refractivity contribution is 0.257. The first-order chi connectivity index (χ1) is 9.69. The van der Waals surface area contributed by atoms with Gasteiger partial charge in [-0.3, -0.25) is 0 Å². The molecule has 2 atom stereocenters. The number of halogens is 3. The summed E-state index contributed by atoms with van der Waals surface area (Å²) in [6.07, 6.45) is 2.82. The molecule has 7 heteroatoms. The van der Waals surface area contributed by atoms with Crippen LogP contribution in [0.5, 0.6) is 0 Å². The topological polar surface area (TPSA) is 46.2 Å². The van der Waals surface area contributed by atoms with Crippen LogP contribution in [0.2, 0.25) is 10.0 Å². The lowest BCUT2D eigenvalue weighted by Crippen LogP contribution is -2.40. The van der Waals surface area contributed by atoms with Crippen LogP contribution in [0.25, 0.3) is 0 Å². The van der Waals surface area contributed by atoms with Crippen molar-refractivity contribution < 1.29 is 8.42 Å². The van der Waals surface area contributed by atoms with Gasteiger partial charge in [0.1, 0.15) is 4.90 Å². The summed E-state index contributed by atoms with van der Waals surface area (Å²) in [6, 6.07) is 3.01. The number of hydrogen-bond donors (Lipinski definition) is 1. The second-order valence-corrected chi connectivity index (χ2v) is 9.32. The lowest BCUT2D eigenvalue weighted by atomic mass is 9.81. The molecule has 0 heterocycles. The van der Waals surface area contributed by atoms with E-state index in [0.717, 1.165) is 19.3 Å². The van der Waals surface area contributed by atoms with E-state index in [1.165, 1.54) is 12.1 Å². The highest BCUT2D eigenvalue weighted by atomic mass is 79.9. The molecule has 1 fully saturated rings. The molecule has 1 aliphatic rings. The van der Waals surface area contributed by atoms with Crippen molar-refractivity contribution in [2.45, 2.75) is 44.0 Å². The SMILES string of the molecule is CC1CC(C)CC(NS(=O)(=O)c2c(Cl)cc(Br)cc2Cl)C1. The number of nitrogens with one attached hydrogen (secondary N) is 1. The number of rotatable bonds is 3. The maximum Gasteiger partial charge on any atom is 0.243 e. The van der Waals surface area contributed by atoms with E-state index in [4.69, 9.17) is 23.2 Å². The summed E-state index contributed by atoms with van der Waals surface area (Å²) in [4.78, 5) is -0.0417. The third-order valence-corrected chi connectivity index (χ3v) is 6.63. The van der Waals surface area contributed by atoms with Crippen molar-refractivity contribution in [2.75, 3.05) is 0 Å². The predicted octanol–water partition coefficient (Wildman–Crippen LogP) is 4.86. The molecule has 1 saturated carbocycles. The molecule has 0 aromatic heterocycles. The molecule has 1 aliphatic carbocycles. The maximum absolute atomic E-state index is 12.6. The summed E-state index contributed by atoms with van der Waals surface area (Å²) in [7, 11) is -3.72. The third-order valence-electron chi connectivity index (χ3n) is 3.73. The Bertz CT molecular complexity index is 603. The Hall–Kier alpha value is 0.190. The average molecular weight is 415 g/mol. The van der Waals surface area contributed by atoms with Crippen LogP contribution < -0.4 is 4.72 Å². The molecule has 3 nitrogen and oxygen atoms in total. The Labute approximate surface area is 144 Å². The highest BCUT2D eigenvalue weighted by Gasteiger charge is 2.30. The van der Waals surface area contributed by atoms with Crippen LogP contribution in [0.1, 0.15) is 33.1 Å². The second kappa shape index (κ2) is 6.75. The fourth-order valence-electron chi connectivity index (χ4n) is 3.11. The van der Waals surface area contributed by atoms with Crippen LogP contribution in [-0.2, 0) is 10.0 Å². The van der Waals surface area contributed by atoms with Crippen molar-refractivity contribution in [3.05, 3.63) is 26.7 Å². The van der Waals surface area contributed by atoms with Crippen LogP contribution in [0.4, 0.5) is 0 Å². The van der Waals surface area contributed by atoms with Crippen molar-refractivity contribution in [1.29, 1.82) is 0 Å². The van der Waals surface area contributed by atoms with Gasteiger partial charge >= 0.3 is 0 Å². The summed E-state index contributed by atoms with van der Waals surface area (Å²) in [5, 5.41) is 0.248. The molecule has 1 aromatic carbocycles. The summed E-state index contributed by atoms with van der Waals surface area (Å²) >= 11 is 15.4. The maximum atomic E-state index is 12.6. The van der Waals surface area contributed by atoms with Gasteiger partial charge in [0.2, 0.25) is 10.0 Å². The average Bonchev–Trinajstić information content (AvgIpc) is 2.23. The van der Waals surface area contributed by atoms with E-state index in [0.29, 0.717) is 16.3 Å². The number of hydrogen-bond acceptors (Lipinski definition) is 2. The van der Waals surface area contributed by atoms with E-state index in [9.17, 15) is 8.42 Å². The smallest absolute Gasteiger partial charge is 0.208 e. The highest BCUT2D eigenvalue weighted by Crippen LogP contribution is 2.34. The first kappa shape index (κ1) is 17.5. The zero-order chi connectivity index (χ0) is 15.8. The Kier molecular flexibility index (Phi) is 5.64. The number of benzene rings is 1. The van der Waals surface area contributed by atoms with E-state index in [2.05, 4.69) is 34.5 Å². The first-order valence-corrected chi connectivity index (χ1v) is 9.89. The van der Waals surface area contributed by atoms with Gasteiger partial charge in [-0.1, -0.05) is 53.0 Å². The molecule has 0 saturated heterocycles. The molecule has 0 radical (unpaired) electrons. The zero-order valence-electron chi connectivity index (χ0n) is 11.9. The molecule has 2 unspecified atom stereocenters. The van der Waals surface area contributed by atoms with Crippen LogP contribution >= 0.6 is 39.1 Å². The van der Waals surface area contributed by atoms with Crippen molar-refractivity contribution in [3.8, 4) is 0 Å². The monoisotopic (exact) mass is 413 g/mol. The predicted molar refractivity (Wildman–Crippen MR) is 90.5 cm³/mol. The fourth-order valence-corrected chi connectivity index (χ4v) is 6.31. The molecule has 1 N–H and O–H groups in total. The fraction of sp³-hybridized carbons (Fsp3) is 0.571.